The van der Waals surface area contributed by atoms with Gasteiger partial charge in [0.25, 0.3) is 0 Å². The maximum absolute atomic E-state index is 11.7. The zero-order valence-corrected chi connectivity index (χ0v) is 14.9. The maximum Gasteiger partial charge on any atom is 0.240 e. The first-order chi connectivity index (χ1) is 11.8. The quantitative estimate of drug-likeness (QED) is 0.412. The fraction of sp³-hybridized carbons (Fsp3) is 0.684. The van der Waals surface area contributed by atoms with Crippen LogP contribution in [-0.4, -0.2) is 25.2 Å². The van der Waals surface area contributed by atoms with Crippen LogP contribution in [0.4, 0.5) is 5.88 Å². The molecule has 0 aliphatic carbocycles. The number of hydrogen-bond acceptors (Lipinski definition) is 4. The van der Waals surface area contributed by atoms with Crippen molar-refractivity contribution < 1.29 is 9.21 Å². The molecule has 0 bridgehead atoms. The Bertz CT molecular complexity index is 502. The van der Waals surface area contributed by atoms with E-state index in [9.17, 15) is 4.79 Å². The number of amides is 1. The van der Waals surface area contributed by atoms with Gasteiger partial charge in [-0.05, 0) is 25.3 Å². The van der Waals surface area contributed by atoms with Gasteiger partial charge in [0, 0.05) is 25.6 Å². The van der Waals surface area contributed by atoms with Gasteiger partial charge in [0.15, 0.2) is 5.88 Å². The Hall–Kier alpha value is -1.78. The van der Waals surface area contributed by atoms with Crippen molar-refractivity contribution in [1.29, 1.82) is 0 Å². The van der Waals surface area contributed by atoms with Crippen LogP contribution in [0.15, 0.2) is 21.7 Å². The third-order valence-corrected chi connectivity index (χ3v) is 4.42. The summed E-state index contributed by atoms with van der Waals surface area (Å²) < 4.78 is 5.81. The number of nitrogens with zero attached hydrogens (tertiary/aromatic N) is 2. The van der Waals surface area contributed by atoms with Gasteiger partial charge in [-0.3, -0.25) is 4.79 Å². The van der Waals surface area contributed by atoms with E-state index in [1.165, 1.54) is 44.9 Å². The molecule has 0 atom stereocenters. The van der Waals surface area contributed by atoms with E-state index in [2.05, 4.69) is 22.4 Å². The molecule has 1 fully saturated rings. The smallest absolute Gasteiger partial charge is 0.240 e. The number of carbonyl (C=O) groups excluding carboxylic acids is 1. The lowest BCUT2D eigenvalue weighted by atomic mass is 10.1. The number of carbonyl (C=O) groups is 1. The monoisotopic (exact) mass is 333 g/mol. The van der Waals surface area contributed by atoms with Crippen LogP contribution in [0.1, 0.15) is 76.9 Å². The second kappa shape index (κ2) is 10.9. The topological polar surface area (TPSA) is 57.8 Å². The zero-order chi connectivity index (χ0) is 17.0. The van der Waals surface area contributed by atoms with Crippen LogP contribution in [0.25, 0.3) is 0 Å². The molecule has 1 N–H and O–H groups in total. The summed E-state index contributed by atoms with van der Waals surface area (Å²) in [5.74, 6) is 1.56. The van der Waals surface area contributed by atoms with E-state index in [4.69, 9.17) is 4.42 Å². The van der Waals surface area contributed by atoms with Gasteiger partial charge in [-0.15, -0.1) is 0 Å². The number of rotatable bonds is 9. The predicted molar refractivity (Wildman–Crippen MR) is 98.5 cm³/mol. The summed E-state index contributed by atoms with van der Waals surface area (Å²) in [5.41, 5.74) is 2.58. The fourth-order valence-electron chi connectivity index (χ4n) is 2.99. The van der Waals surface area contributed by atoms with Gasteiger partial charge in [0.05, 0.1) is 6.21 Å². The SMILES string of the molecule is CCCCCCCC(=O)N/N=C/c1ccc(N2CCCCCC2)o1. The summed E-state index contributed by atoms with van der Waals surface area (Å²) in [6, 6.07) is 3.89. The van der Waals surface area contributed by atoms with Crippen LogP contribution < -0.4 is 10.3 Å². The van der Waals surface area contributed by atoms with Crippen LogP contribution >= 0.6 is 0 Å². The predicted octanol–water partition coefficient (Wildman–Crippen LogP) is 4.47. The molecule has 0 unspecified atom stereocenters. The number of unbranched alkanes of at least 4 members (excludes halogenated alkanes) is 4. The highest BCUT2D eigenvalue weighted by molar-refractivity contribution is 5.80. The maximum atomic E-state index is 11.7. The van der Waals surface area contributed by atoms with Crippen molar-refractivity contribution >= 4 is 18.0 Å². The molecule has 1 aliphatic rings. The second-order valence-electron chi connectivity index (χ2n) is 6.53. The van der Waals surface area contributed by atoms with Crippen LogP contribution in [0.2, 0.25) is 0 Å². The summed E-state index contributed by atoms with van der Waals surface area (Å²) in [7, 11) is 0. The van der Waals surface area contributed by atoms with Gasteiger partial charge in [-0.25, -0.2) is 5.43 Å². The minimum Gasteiger partial charge on any atom is -0.440 e. The summed E-state index contributed by atoms with van der Waals surface area (Å²) in [4.78, 5) is 14.0. The Kier molecular flexibility index (Phi) is 8.42. The molecular weight excluding hydrogens is 302 g/mol. The molecule has 0 aromatic carbocycles. The summed E-state index contributed by atoms with van der Waals surface area (Å²) in [6.45, 7) is 4.30. The van der Waals surface area contributed by atoms with Crippen LogP contribution in [-0.2, 0) is 4.79 Å². The summed E-state index contributed by atoms with van der Waals surface area (Å²) >= 11 is 0. The first kappa shape index (κ1) is 18.6. The normalized spacial score (nSPS) is 15.6. The lowest BCUT2D eigenvalue weighted by Crippen LogP contribution is -2.23. The Labute approximate surface area is 145 Å². The van der Waals surface area contributed by atoms with Crippen molar-refractivity contribution in [2.24, 2.45) is 5.10 Å². The standard InChI is InChI=1S/C19H31N3O2/c1-2-3-4-5-8-11-18(23)21-20-16-17-12-13-19(24-17)22-14-9-6-7-10-15-22/h12-13,16H,2-11,14-15H2,1H3,(H,21,23)/b20-16+. The molecular formula is C19H31N3O2. The minimum absolute atomic E-state index is 0.0259. The van der Waals surface area contributed by atoms with Crippen LogP contribution in [0, 0.1) is 0 Å². The van der Waals surface area contributed by atoms with Gasteiger partial charge in [-0.2, -0.15) is 5.10 Å². The second-order valence-corrected chi connectivity index (χ2v) is 6.53. The molecule has 1 saturated heterocycles. The highest BCUT2D eigenvalue weighted by Crippen LogP contribution is 2.21. The number of anilines is 1. The van der Waals surface area contributed by atoms with E-state index in [0.717, 1.165) is 31.8 Å². The molecule has 0 radical (unpaired) electrons. The fourth-order valence-corrected chi connectivity index (χ4v) is 2.99. The zero-order valence-electron chi connectivity index (χ0n) is 14.9. The van der Waals surface area contributed by atoms with Gasteiger partial charge < -0.3 is 9.32 Å². The van der Waals surface area contributed by atoms with Gasteiger partial charge in [0.2, 0.25) is 5.91 Å². The van der Waals surface area contributed by atoms with Crippen molar-refractivity contribution in [3.8, 4) is 0 Å². The minimum atomic E-state index is -0.0259. The van der Waals surface area contributed by atoms with E-state index < -0.39 is 0 Å². The van der Waals surface area contributed by atoms with Crippen LogP contribution in [0.3, 0.4) is 0 Å². The van der Waals surface area contributed by atoms with Gasteiger partial charge in [0.1, 0.15) is 5.76 Å². The number of furan rings is 1. The third-order valence-electron chi connectivity index (χ3n) is 4.42. The summed E-state index contributed by atoms with van der Waals surface area (Å²) in [5, 5.41) is 4.00. The van der Waals surface area contributed by atoms with E-state index in [1.54, 1.807) is 6.21 Å². The molecule has 134 valence electrons. The van der Waals surface area contributed by atoms with E-state index in [0.29, 0.717) is 12.2 Å². The van der Waals surface area contributed by atoms with Crippen molar-refractivity contribution in [3.63, 3.8) is 0 Å². The number of hydrazone groups is 1. The van der Waals surface area contributed by atoms with E-state index in [1.807, 2.05) is 12.1 Å². The summed E-state index contributed by atoms with van der Waals surface area (Å²) in [6.07, 6.45) is 12.9. The molecule has 5 nitrogen and oxygen atoms in total. The average molecular weight is 333 g/mol. The third kappa shape index (κ3) is 6.77. The van der Waals surface area contributed by atoms with Crippen molar-refractivity contribution in [1.82, 2.24) is 5.43 Å². The number of nitrogens with one attached hydrogen (secondary N) is 1. The first-order valence-electron chi connectivity index (χ1n) is 9.46. The average Bonchev–Trinajstić information content (AvgIpc) is 2.88. The van der Waals surface area contributed by atoms with Crippen molar-refractivity contribution in [2.45, 2.75) is 71.1 Å². The molecule has 2 heterocycles. The molecule has 1 amide bonds. The molecule has 2 rings (SSSR count). The largest absolute Gasteiger partial charge is 0.440 e. The molecule has 0 spiro atoms. The van der Waals surface area contributed by atoms with Crippen molar-refractivity contribution in [2.75, 3.05) is 18.0 Å². The molecule has 1 aromatic heterocycles. The van der Waals surface area contributed by atoms with Gasteiger partial charge >= 0.3 is 0 Å². The van der Waals surface area contributed by atoms with E-state index >= 15 is 0 Å². The Morgan fingerprint density at radius 1 is 1.17 bits per heavy atom. The molecule has 5 heteroatoms. The Balaban J connectivity index is 1.69. The highest BCUT2D eigenvalue weighted by atomic mass is 16.4. The molecule has 0 saturated carbocycles. The van der Waals surface area contributed by atoms with E-state index in [-0.39, 0.29) is 5.91 Å². The highest BCUT2D eigenvalue weighted by Gasteiger charge is 2.12. The number of hydrogen-bond donors (Lipinski definition) is 1. The molecule has 1 aliphatic heterocycles. The molecule has 1 aromatic rings. The Morgan fingerprint density at radius 3 is 2.67 bits per heavy atom. The molecule has 24 heavy (non-hydrogen) atoms. The van der Waals surface area contributed by atoms with Crippen LogP contribution in [0.5, 0.6) is 0 Å². The lowest BCUT2D eigenvalue weighted by Gasteiger charge is -2.18. The van der Waals surface area contributed by atoms with Crippen molar-refractivity contribution in [3.05, 3.63) is 17.9 Å². The Morgan fingerprint density at radius 2 is 1.92 bits per heavy atom. The lowest BCUT2D eigenvalue weighted by molar-refractivity contribution is -0.121. The van der Waals surface area contributed by atoms with Gasteiger partial charge in [-0.1, -0.05) is 45.4 Å². The first-order valence-corrected chi connectivity index (χ1v) is 9.46.